The molecule has 0 aliphatic heterocycles. The van der Waals surface area contributed by atoms with Crippen LogP contribution in [0.5, 0.6) is 5.75 Å². The zero-order valence-electron chi connectivity index (χ0n) is 11.6. The molecule has 0 atom stereocenters. The van der Waals surface area contributed by atoms with Crippen LogP contribution < -0.4 is 4.74 Å². The molecule has 2 aromatic carbocycles. The van der Waals surface area contributed by atoms with Crippen LogP contribution in [0.15, 0.2) is 42.5 Å². The third-order valence-electron chi connectivity index (χ3n) is 4.18. The van der Waals surface area contributed by atoms with Crippen LogP contribution >= 0.6 is 0 Å². The van der Waals surface area contributed by atoms with Gasteiger partial charge in [0, 0.05) is 0 Å². The number of carbonyl (C=O) groups is 1. The normalized spacial score (nSPS) is 14.7. The van der Waals surface area contributed by atoms with E-state index in [1.807, 2.05) is 18.2 Å². The second-order valence-electron chi connectivity index (χ2n) is 5.32. The number of aldehydes is 1. The summed E-state index contributed by atoms with van der Waals surface area (Å²) in [5.74, 6) is 1.38. The Morgan fingerprint density at radius 3 is 2.30 bits per heavy atom. The van der Waals surface area contributed by atoms with E-state index < -0.39 is 0 Å². The Balaban J connectivity index is 1.90. The summed E-state index contributed by atoms with van der Waals surface area (Å²) in [7, 11) is 1.58. The van der Waals surface area contributed by atoms with Gasteiger partial charge in [0.1, 0.15) is 5.75 Å². The zero-order chi connectivity index (χ0) is 13.9. The Labute approximate surface area is 119 Å². The van der Waals surface area contributed by atoms with E-state index in [1.54, 1.807) is 7.11 Å². The molecule has 0 unspecified atom stereocenters. The molecule has 1 aliphatic carbocycles. The monoisotopic (exact) mass is 266 g/mol. The summed E-state index contributed by atoms with van der Waals surface area (Å²) in [5, 5.41) is 0. The molecular formula is C18H18O2. The molecule has 0 amide bonds. The molecule has 1 aliphatic rings. The number of hydrogen-bond donors (Lipinski definition) is 0. The summed E-state index contributed by atoms with van der Waals surface area (Å²) in [6, 6.07) is 14.4. The SMILES string of the molecule is COc1ccc(-c2ccc(C3CCC3)cc2)cc1C=O. The van der Waals surface area contributed by atoms with Crippen LogP contribution in [0.25, 0.3) is 11.1 Å². The minimum atomic E-state index is 0.591. The van der Waals surface area contributed by atoms with Crippen molar-refractivity contribution >= 4 is 6.29 Å². The van der Waals surface area contributed by atoms with Gasteiger partial charge in [-0.05, 0) is 47.6 Å². The first-order valence-electron chi connectivity index (χ1n) is 7.05. The Kier molecular flexibility index (Phi) is 3.55. The molecule has 0 spiro atoms. The summed E-state index contributed by atoms with van der Waals surface area (Å²) in [6.45, 7) is 0. The first-order chi connectivity index (χ1) is 9.81. The summed E-state index contributed by atoms with van der Waals surface area (Å²) in [4.78, 5) is 11.1. The van der Waals surface area contributed by atoms with Crippen LogP contribution in [0, 0.1) is 0 Å². The van der Waals surface area contributed by atoms with Gasteiger partial charge in [-0.1, -0.05) is 36.8 Å². The number of benzene rings is 2. The Morgan fingerprint density at radius 1 is 1.05 bits per heavy atom. The first-order valence-corrected chi connectivity index (χ1v) is 7.05. The lowest BCUT2D eigenvalue weighted by Crippen LogP contribution is -2.08. The maximum absolute atomic E-state index is 11.1. The molecule has 102 valence electrons. The summed E-state index contributed by atoms with van der Waals surface area (Å²) in [6.07, 6.45) is 4.83. The van der Waals surface area contributed by atoms with Crippen LogP contribution in [0.2, 0.25) is 0 Å². The van der Waals surface area contributed by atoms with E-state index in [2.05, 4.69) is 24.3 Å². The van der Waals surface area contributed by atoms with Gasteiger partial charge in [0.2, 0.25) is 0 Å². The smallest absolute Gasteiger partial charge is 0.153 e. The minimum absolute atomic E-state index is 0.591. The van der Waals surface area contributed by atoms with Gasteiger partial charge in [0.05, 0.1) is 12.7 Å². The number of methoxy groups -OCH3 is 1. The summed E-state index contributed by atoms with van der Waals surface area (Å²) in [5.41, 5.74) is 4.21. The molecule has 3 rings (SSSR count). The lowest BCUT2D eigenvalue weighted by atomic mass is 9.80. The van der Waals surface area contributed by atoms with Crippen molar-refractivity contribution in [2.75, 3.05) is 7.11 Å². The van der Waals surface area contributed by atoms with Crippen molar-refractivity contribution in [2.45, 2.75) is 25.2 Å². The molecule has 2 nitrogen and oxygen atoms in total. The maximum Gasteiger partial charge on any atom is 0.153 e. The van der Waals surface area contributed by atoms with Crippen molar-refractivity contribution in [1.82, 2.24) is 0 Å². The molecule has 0 saturated heterocycles. The molecule has 1 saturated carbocycles. The third-order valence-corrected chi connectivity index (χ3v) is 4.18. The van der Waals surface area contributed by atoms with Crippen LogP contribution in [-0.2, 0) is 0 Å². The number of carbonyl (C=O) groups excluding carboxylic acids is 1. The molecule has 0 radical (unpaired) electrons. The summed E-state index contributed by atoms with van der Waals surface area (Å²) < 4.78 is 5.17. The van der Waals surface area contributed by atoms with Crippen LogP contribution in [-0.4, -0.2) is 13.4 Å². The van der Waals surface area contributed by atoms with Crippen LogP contribution in [0.1, 0.15) is 41.1 Å². The Bertz CT molecular complexity index is 610. The molecule has 0 N–H and O–H groups in total. The predicted molar refractivity (Wildman–Crippen MR) is 80.4 cm³/mol. The Morgan fingerprint density at radius 2 is 1.75 bits per heavy atom. The van der Waals surface area contributed by atoms with Crippen molar-refractivity contribution in [1.29, 1.82) is 0 Å². The van der Waals surface area contributed by atoms with E-state index in [0.717, 1.165) is 23.3 Å². The highest BCUT2D eigenvalue weighted by Gasteiger charge is 2.19. The van der Waals surface area contributed by atoms with Gasteiger partial charge in [0.25, 0.3) is 0 Å². The molecule has 2 aromatic rings. The second-order valence-corrected chi connectivity index (χ2v) is 5.32. The Hall–Kier alpha value is -2.09. The zero-order valence-corrected chi connectivity index (χ0v) is 11.6. The van der Waals surface area contributed by atoms with Gasteiger partial charge in [-0.3, -0.25) is 4.79 Å². The van der Waals surface area contributed by atoms with Gasteiger partial charge in [-0.2, -0.15) is 0 Å². The second kappa shape index (κ2) is 5.49. The molecular weight excluding hydrogens is 248 g/mol. The van der Waals surface area contributed by atoms with E-state index in [1.165, 1.54) is 24.8 Å². The van der Waals surface area contributed by atoms with E-state index in [0.29, 0.717) is 11.3 Å². The van der Waals surface area contributed by atoms with E-state index in [9.17, 15) is 4.79 Å². The van der Waals surface area contributed by atoms with E-state index >= 15 is 0 Å². The summed E-state index contributed by atoms with van der Waals surface area (Å²) >= 11 is 0. The van der Waals surface area contributed by atoms with Gasteiger partial charge in [-0.15, -0.1) is 0 Å². The van der Waals surface area contributed by atoms with Crippen molar-refractivity contribution in [2.24, 2.45) is 0 Å². The fourth-order valence-corrected chi connectivity index (χ4v) is 2.70. The lowest BCUT2D eigenvalue weighted by Gasteiger charge is -2.25. The van der Waals surface area contributed by atoms with Crippen molar-refractivity contribution in [3.05, 3.63) is 53.6 Å². The average Bonchev–Trinajstić information content (AvgIpc) is 2.45. The number of ether oxygens (including phenoxy) is 1. The van der Waals surface area contributed by atoms with Gasteiger partial charge < -0.3 is 4.74 Å². The number of hydrogen-bond acceptors (Lipinski definition) is 2. The van der Waals surface area contributed by atoms with Gasteiger partial charge in [0.15, 0.2) is 6.29 Å². The first kappa shape index (κ1) is 12.9. The number of rotatable bonds is 4. The molecule has 0 aromatic heterocycles. The fourth-order valence-electron chi connectivity index (χ4n) is 2.70. The molecule has 20 heavy (non-hydrogen) atoms. The highest BCUT2D eigenvalue weighted by molar-refractivity contribution is 5.83. The quantitative estimate of drug-likeness (QED) is 0.765. The van der Waals surface area contributed by atoms with Crippen LogP contribution in [0.3, 0.4) is 0 Å². The van der Waals surface area contributed by atoms with Gasteiger partial charge in [-0.25, -0.2) is 0 Å². The lowest BCUT2D eigenvalue weighted by molar-refractivity contribution is 0.112. The third kappa shape index (κ3) is 2.34. The molecule has 0 heterocycles. The van der Waals surface area contributed by atoms with E-state index in [4.69, 9.17) is 4.74 Å². The minimum Gasteiger partial charge on any atom is -0.496 e. The highest BCUT2D eigenvalue weighted by Crippen LogP contribution is 2.37. The van der Waals surface area contributed by atoms with Crippen molar-refractivity contribution in [3.63, 3.8) is 0 Å². The molecule has 0 bridgehead atoms. The topological polar surface area (TPSA) is 26.3 Å². The average molecular weight is 266 g/mol. The fraction of sp³-hybridized carbons (Fsp3) is 0.278. The van der Waals surface area contributed by atoms with Crippen molar-refractivity contribution < 1.29 is 9.53 Å². The predicted octanol–water partition coefficient (Wildman–Crippen LogP) is 4.44. The standard InChI is InChI=1S/C18H18O2/c1-20-18-10-9-16(11-17(18)12-19)15-7-5-14(6-8-15)13-3-2-4-13/h5-13H,2-4H2,1H3. The molecule has 1 fully saturated rings. The van der Waals surface area contributed by atoms with Gasteiger partial charge >= 0.3 is 0 Å². The van der Waals surface area contributed by atoms with E-state index in [-0.39, 0.29) is 0 Å². The highest BCUT2D eigenvalue weighted by atomic mass is 16.5. The van der Waals surface area contributed by atoms with Crippen LogP contribution in [0.4, 0.5) is 0 Å². The largest absolute Gasteiger partial charge is 0.496 e. The maximum atomic E-state index is 11.1. The molecule has 2 heteroatoms. The van der Waals surface area contributed by atoms with Crippen molar-refractivity contribution in [3.8, 4) is 16.9 Å².